The van der Waals surface area contributed by atoms with Crippen LogP contribution >= 0.6 is 11.6 Å². The van der Waals surface area contributed by atoms with Gasteiger partial charge in [-0.1, -0.05) is 68.8 Å². The maximum Gasteiger partial charge on any atom is 0.253 e. The number of primary amides is 1. The molecule has 132 valence electrons. The molecule has 0 fully saturated rings. The van der Waals surface area contributed by atoms with E-state index < -0.39 is 17.9 Å². The van der Waals surface area contributed by atoms with Crippen LogP contribution in [0, 0.1) is 0 Å². The third-order valence-electron chi connectivity index (χ3n) is 4.03. The van der Waals surface area contributed by atoms with E-state index in [-0.39, 0.29) is 5.41 Å². The van der Waals surface area contributed by atoms with Gasteiger partial charge >= 0.3 is 0 Å². The average Bonchev–Trinajstić information content (AvgIpc) is 2.54. The summed E-state index contributed by atoms with van der Waals surface area (Å²) in [5.74, 6) is -0.999. The predicted molar refractivity (Wildman–Crippen MR) is 101 cm³/mol. The summed E-state index contributed by atoms with van der Waals surface area (Å²) in [7, 11) is 0. The first-order chi connectivity index (χ1) is 11.7. The summed E-state index contributed by atoms with van der Waals surface area (Å²) in [4.78, 5) is 24.1. The topological polar surface area (TPSA) is 72.2 Å². The maximum absolute atomic E-state index is 12.4. The summed E-state index contributed by atoms with van der Waals surface area (Å²) < 4.78 is 0. The van der Waals surface area contributed by atoms with Crippen molar-refractivity contribution in [3.8, 4) is 0 Å². The maximum atomic E-state index is 12.4. The van der Waals surface area contributed by atoms with Crippen LogP contribution in [-0.4, -0.2) is 17.9 Å². The summed E-state index contributed by atoms with van der Waals surface area (Å²) in [6.45, 7) is 6.41. The quantitative estimate of drug-likeness (QED) is 0.859. The highest BCUT2D eigenvalue weighted by Crippen LogP contribution is 2.22. The minimum absolute atomic E-state index is 0.0554. The Bertz CT molecular complexity index is 764. The largest absolute Gasteiger partial charge is 0.368 e. The Labute approximate surface area is 153 Å². The second kappa shape index (κ2) is 7.70. The lowest BCUT2D eigenvalue weighted by atomic mass is 9.86. The van der Waals surface area contributed by atoms with Crippen LogP contribution in [0.2, 0.25) is 5.02 Å². The van der Waals surface area contributed by atoms with Gasteiger partial charge in [0.05, 0.1) is 10.6 Å². The molecule has 0 aliphatic heterocycles. The molecule has 0 radical (unpaired) electrons. The number of hydrogen-bond acceptors (Lipinski definition) is 2. The van der Waals surface area contributed by atoms with Crippen molar-refractivity contribution in [2.75, 3.05) is 0 Å². The van der Waals surface area contributed by atoms with Gasteiger partial charge in [0.2, 0.25) is 5.91 Å². The van der Waals surface area contributed by atoms with Crippen LogP contribution in [-0.2, 0) is 16.6 Å². The van der Waals surface area contributed by atoms with Gasteiger partial charge in [-0.25, -0.2) is 0 Å². The molecule has 0 saturated heterocycles. The molecule has 4 nitrogen and oxygen atoms in total. The van der Waals surface area contributed by atoms with E-state index in [2.05, 4.69) is 26.1 Å². The molecule has 0 aromatic heterocycles. The van der Waals surface area contributed by atoms with E-state index in [1.807, 2.05) is 24.3 Å². The van der Waals surface area contributed by atoms with Crippen LogP contribution in [0.25, 0.3) is 0 Å². The van der Waals surface area contributed by atoms with Crippen molar-refractivity contribution in [1.82, 2.24) is 5.32 Å². The molecule has 1 atom stereocenters. The monoisotopic (exact) mass is 358 g/mol. The van der Waals surface area contributed by atoms with Crippen LogP contribution in [0.4, 0.5) is 0 Å². The molecule has 0 unspecified atom stereocenters. The Balaban J connectivity index is 2.12. The molecule has 2 rings (SSSR count). The zero-order valence-electron chi connectivity index (χ0n) is 14.7. The lowest BCUT2D eigenvalue weighted by Crippen LogP contribution is -2.45. The molecular formula is C20H23ClN2O2. The molecular weight excluding hydrogens is 336 g/mol. The number of halogens is 1. The highest BCUT2D eigenvalue weighted by molar-refractivity contribution is 6.33. The molecule has 0 aliphatic rings. The van der Waals surface area contributed by atoms with Gasteiger partial charge in [0.1, 0.15) is 6.04 Å². The van der Waals surface area contributed by atoms with Gasteiger partial charge in [-0.15, -0.1) is 0 Å². The SMILES string of the molecule is CC(C)(C)c1ccc(C[C@H](NC(=O)c2ccccc2Cl)C(N)=O)cc1. The van der Waals surface area contributed by atoms with Crippen molar-refractivity contribution in [2.24, 2.45) is 5.73 Å². The van der Waals surface area contributed by atoms with Gasteiger partial charge in [0, 0.05) is 6.42 Å². The fourth-order valence-corrected chi connectivity index (χ4v) is 2.70. The van der Waals surface area contributed by atoms with Gasteiger partial charge in [-0.05, 0) is 28.7 Å². The van der Waals surface area contributed by atoms with E-state index in [0.717, 1.165) is 5.56 Å². The van der Waals surface area contributed by atoms with Gasteiger partial charge in [-0.3, -0.25) is 9.59 Å². The predicted octanol–water partition coefficient (Wildman–Crippen LogP) is 3.46. The first-order valence-electron chi connectivity index (χ1n) is 8.12. The van der Waals surface area contributed by atoms with Crippen LogP contribution in [0.15, 0.2) is 48.5 Å². The summed E-state index contributed by atoms with van der Waals surface area (Å²) in [6, 6.07) is 13.9. The van der Waals surface area contributed by atoms with E-state index in [4.69, 9.17) is 17.3 Å². The summed E-state index contributed by atoms with van der Waals surface area (Å²) in [5, 5.41) is 3.00. The molecule has 5 heteroatoms. The molecule has 0 bridgehead atoms. The van der Waals surface area contributed by atoms with Gasteiger partial charge < -0.3 is 11.1 Å². The minimum atomic E-state index is -0.802. The van der Waals surface area contributed by atoms with Crippen molar-refractivity contribution < 1.29 is 9.59 Å². The number of nitrogens with two attached hydrogens (primary N) is 1. The molecule has 2 amide bonds. The molecule has 0 heterocycles. The van der Waals surface area contributed by atoms with Crippen molar-refractivity contribution in [3.05, 3.63) is 70.2 Å². The van der Waals surface area contributed by atoms with E-state index in [9.17, 15) is 9.59 Å². The smallest absolute Gasteiger partial charge is 0.253 e. The third-order valence-corrected chi connectivity index (χ3v) is 4.36. The summed E-state index contributed by atoms with van der Waals surface area (Å²) in [5.41, 5.74) is 7.96. The zero-order chi connectivity index (χ0) is 18.6. The van der Waals surface area contributed by atoms with Crippen LogP contribution in [0.5, 0.6) is 0 Å². The molecule has 0 spiro atoms. The van der Waals surface area contributed by atoms with Gasteiger partial charge in [-0.2, -0.15) is 0 Å². The number of rotatable bonds is 5. The first kappa shape index (κ1) is 19.0. The number of carbonyl (C=O) groups excluding carboxylic acids is 2. The Hall–Kier alpha value is -2.33. The molecule has 0 aliphatic carbocycles. The van der Waals surface area contributed by atoms with Crippen LogP contribution < -0.4 is 11.1 Å². The number of benzene rings is 2. The van der Waals surface area contributed by atoms with E-state index in [1.54, 1.807) is 24.3 Å². The Morgan fingerprint density at radius 2 is 1.68 bits per heavy atom. The summed E-state index contributed by atoms with van der Waals surface area (Å²) >= 11 is 6.03. The lowest BCUT2D eigenvalue weighted by molar-refractivity contribution is -0.119. The number of hydrogen-bond donors (Lipinski definition) is 2. The second-order valence-electron chi connectivity index (χ2n) is 7.06. The Kier molecular flexibility index (Phi) is 5.85. The number of nitrogens with one attached hydrogen (secondary N) is 1. The van der Waals surface area contributed by atoms with Crippen LogP contribution in [0.3, 0.4) is 0 Å². The normalized spacial score (nSPS) is 12.5. The van der Waals surface area contributed by atoms with E-state index in [1.165, 1.54) is 5.56 Å². The molecule has 0 saturated carbocycles. The van der Waals surface area contributed by atoms with Crippen molar-refractivity contribution in [3.63, 3.8) is 0 Å². The molecule has 2 aromatic rings. The average molecular weight is 359 g/mol. The number of amides is 2. The van der Waals surface area contributed by atoms with Crippen molar-refractivity contribution in [1.29, 1.82) is 0 Å². The van der Waals surface area contributed by atoms with Gasteiger partial charge in [0.15, 0.2) is 0 Å². The zero-order valence-corrected chi connectivity index (χ0v) is 15.4. The highest BCUT2D eigenvalue weighted by Gasteiger charge is 2.21. The standard InChI is InChI=1S/C20H23ClN2O2/c1-20(2,3)14-10-8-13(9-11-14)12-17(18(22)24)23-19(25)15-6-4-5-7-16(15)21/h4-11,17H,12H2,1-3H3,(H2,22,24)(H,23,25)/t17-/m0/s1. The van der Waals surface area contributed by atoms with E-state index in [0.29, 0.717) is 17.0 Å². The van der Waals surface area contributed by atoms with Crippen molar-refractivity contribution >= 4 is 23.4 Å². The Morgan fingerprint density at radius 1 is 1.08 bits per heavy atom. The number of carbonyl (C=O) groups is 2. The fraction of sp³-hybridized carbons (Fsp3) is 0.300. The van der Waals surface area contributed by atoms with Crippen LogP contribution in [0.1, 0.15) is 42.3 Å². The third kappa shape index (κ3) is 5.07. The first-order valence-corrected chi connectivity index (χ1v) is 8.50. The van der Waals surface area contributed by atoms with Gasteiger partial charge in [0.25, 0.3) is 5.91 Å². The van der Waals surface area contributed by atoms with E-state index >= 15 is 0 Å². The fourth-order valence-electron chi connectivity index (χ4n) is 2.48. The summed E-state index contributed by atoms with van der Waals surface area (Å²) in [6.07, 6.45) is 0.329. The van der Waals surface area contributed by atoms with Crippen molar-refractivity contribution in [2.45, 2.75) is 38.6 Å². The molecule has 3 N–H and O–H groups in total. The molecule has 25 heavy (non-hydrogen) atoms. The molecule has 2 aromatic carbocycles. The minimum Gasteiger partial charge on any atom is -0.368 e. The Morgan fingerprint density at radius 3 is 2.20 bits per heavy atom. The second-order valence-corrected chi connectivity index (χ2v) is 7.47. The lowest BCUT2D eigenvalue weighted by Gasteiger charge is -2.20. The highest BCUT2D eigenvalue weighted by atomic mass is 35.5.